The number of amides is 1. The third kappa shape index (κ3) is 4.43. The quantitative estimate of drug-likeness (QED) is 0.650. The number of unbranched alkanes of at least 4 members (excludes halogenated alkanes) is 1. The van der Waals surface area contributed by atoms with E-state index in [1.54, 1.807) is 11.3 Å². The van der Waals surface area contributed by atoms with Gasteiger partial charge in [-0.15, -0.1) is 10.2 Å². The Hall–Kier alpha value is -2.25. The summed E-state index contributed by atoms with van der Waals surface area (Å²) in [5.74, 6) is -0.171. The number of hydrogen-bond donors (Lipinski definition) is 1. The molecular weight excluding hydrogens is 352 g/mol. The van der Waals surface area contributed by atoms with E-state index in [1.165, 1.54) is 17.8 Å². The van der Waals surface area contributed by atoms with Crippen LogP contribution in [0.5, 0.6) is 0 Å². The molecule has 0 spiro atoms. The van der Waals surface area contributed by atoms with Crippen LogP contribution >= 0.6 is 22.7 Å². The van der Waals surface area contributed by atoms with Crippen molar-refractivity contribution in [1.29, 1.82) is 0 Å². The van der Waals surface area contributed by atoms with E-state index in [2.05, 4.69) is 34.4 Å². The van der Waals surface area contributed by atoms with Crippen molar-refractivity contribution in [3.63, 3.8) is 0 Å². The van der Waals surface area contributed by atoms with Gasteiger partial charge in [-0.05, 0) is 42.1 Å². The fraction of sp³-hybridized carbons (Fsp3) is 0.278. The van der Waals surface area contributed by atoms with Crippen molar-refractivity contribution in [2.75, 3.05) is 23.8 Å². The molecule has 0 aliphatic rings. The van der Waals surface area contributed by atoms with Gasteiger partial charge >= 0.3 is 0 Å². The molecule has 1 aromatic carbocycles. The molecule has 2 heterocycles. The van der Waals surface area contributed by atoms with Crippen molar-refractivity contribution in [2.45, 2.75) is 19.8 Å². The molecule has 7 heteroatoms. The third-order valence-corrected chi connectivity index (χ3v) is 5.40. The molecule has 0 saturated carbocycles. The highest BCUT2D eigenvalue weighted by Crippen LogP contribution is 2.28. The molecule has 3 aromatic rings. The van der Waals surface area contributed by atoms with Gasteiger partial charge in [0.2, 0.25) is 5.13 Å². The van der Waals surface area contributed by atoms with Crippen LogP contribution in [0.25, 0.3) is 10.6 Å². The summed E-state index contributed by atoms with van der Waals surface area (Å²) in [7, 11) is 2.07. The summed E-state index contributed by atoms with van der Waals surface area (Å²) in [5, 5.41) is 16.3. The first-order chi connectivity index (χ1) is 12.2. The number of thiophene rings is 1. The smallest absolute Gasteiger partial charge is 0.257 e. The Kier molecular flexibility index (Phi) is 5.78. The van der Waals surface area contributed by atoms with Gasteiger partial charge in [0, 0.05) is 35.8 Å². The second-order valence-electron chi connectivity index (χ2n) is 5.70. The molecule has 25 heavy (non-hydrogen) atoms. The Morgan fingerprint density at radius 1 is 1.20 bits per heavy atom. The normalized spacial score (nSPS) is 10.6. The summed E-state index contributed by atoms with van der Waals surface area (Å²) in [6, 6.07) is 9.62. The molecule has 0 atom stereocenters. The fourth-order valence-electron chi connectivity index (χ4n) is 2.34. The Balaban J connectivity index is 1.63. The SMILES string of the molecule is CCCCN(C)c1ccc(C(=O)Nc2nnc(-c3ccsc3)s2)cc1. The number of rotatable bonds is 7. The van der Waals surface area contributed by atoms with Crippen molar-refractivity contribution in [1.82, 2.24) is 10.2 Å². The molecule has 5 nitrogen and oxygen atoms in total. The molecule has 130 valence electrons. The van der Waals surface area contributed by atoms with E-state index in [4.69, 9.17) is 0 Å². The molecular formula is C18H20N4OS2. The highest BCUT2D eigenvalue weighted by Gasteiger charge is 2.12. The van der Waals surface area contributed by atoms with E-state index in [9.17, 15) is 4.79 Å². The number of nitrogens with one attached hydrogen (secondary N) is 1. The maximum Gasteiger partial charge on any atom is 0.257 e. The second kappa shape index (κ2) is 8.22. The van der Waals surface area contributed by atoms with Gasteiger partial charge in [-0.2, -0.15) is 11.3 Å². The number of carbonyl (C=O) groups is 1. The lowest BCUT2D eigenvalue weighted by molar-refractivity contribution is 0.102. The maximum atomic E-state index is 12.4. The number of carbonyl (C=O) groups excluding carboxylic acids is 1. The standard InChI is InChI=1S/C18H20N4OS2/c1-3-4-10-22(2)15-7-5-13(6-8-15)16(23)19-18-21-20-17(25-18)14-9-11-24-12-14/h5-9,11-12H,3-4,10H2,1-2H3,(H,19,21,23). The summed E-state index contributed by atoms with van der Waals surface area (Å²) < 4.78 is 0. The summed E-state index contributed by atoms with van der Waals surface area (Å²) in [6.45, 7) is 3.19. The Labute approximate surface area is 155 Å². The van der Waals surface area contributed by atoms with Gasteiger partial charge < -0.3 is 4.90 Å². The van der Waals surface area contributed by atoms with Gasteiger partial charge in [0.1, 0.15) is 5.01 Å². The minimum atomic E-state index is -0.171. The zero-order valence-corrected chi connectivity index (χ0v) is 15.9. The molecule has 2 aromatic heterocycles. The van der Waals surface area contributed by atoms with Crippen LogP contribution in [-0.4, -0.2) is 29.7 Å². The third-order valence-electron chi connectivity index (χ3n) is 3.83. The zero-order chi connectivity index (χ0) is 17.6. The molecule has 0 fully saturated rings. The van der Waals surface area contributed by atoms with E-state index in [-0.39, 0.29) is 5.91 Å². The molecule has 0 bridgehead atoms. The first-order valence-corrected chi connectivity index (χ1v) is 9.92. The number of hydrogen-bond acceptors (Lipinski definition) is 6. The Morgan fingerprint density at radius 3 is 2.68 bits per heavy atom. The van der Waals surface area contributed by atoms with Crippen LogP contribution in [0.4, 0.5) is 10.8 Å². The molecule has 0 aliphatic heterocycles. The molecule has 0 unspecified atom stereocenters. The summed E-state index contributed by atoms with van der Waals surface area (Å²) in [5.41, 5.74) is 2.75. The van der Waals surface area contributed by atoms with Crippen LogP contribution in [0, 0.1) is 0 Å². The first-order valence-electron chi connectivity index (χ1n) is 8.16. The first kappa shape index (κ1) is 17.6. The minimum Gasteiger partial charge on any atom is -0.375 e. The van der Waals surface area contributed by atoms with Crippen molar-refractivity contribution < 1.29 is 4.79 Å². The van der Waals surface area contributed by atoms with Gasteiger partial charge in [0.15, 0.2) is 0 Å². The van der Waals surface area contributed by atoms with Crippen molar-refractivity contribution in [3.8, 4) is 10.6 Å². The number of nitrogens with zero attached hydrogens (tertiary/aromatic N) is 3. The Morgan fingerprint density at radius 2 is 2.00 bits per heavy atom. The zero-order valence-electron chi connectivity index (χ0n) is 14.2. The second-order valence-corrected chi connectivity index (χ2v) is 7.46. The van der Waals surface area contributed by atoms with Crippen molar-refractivity contribution in [3.05, 3.63) is 46.7 Å². The van der Waals surface area contributed by atoms with Crippen LogP contribution in [0.15, 0.2) is 41.1 Å². The molecule has 3 rings (SSSR count). The molecule has 0 aliphatic carbocycles. The van der Waals surface area contributed by atoms with Crippen LogP contribution < -0.4 is 10.2 Å². The van der Waals surface area contributed by atoms with Crippen molar-refractivity contribution >= 4 is 39.4 Å². The lowest BCUT2D eigenvalue weighted by Gasteiger charge is -2.19. The average molecular weight is 373 g/mol. The summed E-state index contributed by atoms with van der Waals surface area (Å²) in [6.07, 6.45) is 2.32. The monoisotopic (exact) mass is 372 g/mol. The highest BCUT2D eigenvalue weighted by molar-refractivity contribution is 7.19. The fourth-order valence-corrected chi connectivity index (χ4v) is 3.79. The van der Waals surface area contributed by atoms with Gasteiger partial charge in [0.25, 0.3) is 5.91 Å². The van der Waals surface area contributed by atoms with Crippen molar-refractivity contribution in [2.24, 2.45) is 0 Å². The lowest BCUT2D eigenvalue weighted by atomic mass is 10.2. The van der Waals surface area contributed by atoms with Crippen LogP contribution in [0.2, 0.25) is 0 Å². The predicted octanol–water partition coefficient (Wildman–Crippen LogP) is 4.76. The summed E-state index contributed by atoms with van der Waals surface area (Å²) in [4.78, 5) is 14.6. The number of anilines is 2. The molecule has 0 saturated heterocycles. The van der Waals surface area contributed by atoms with Gasteiger partial charge in [-0.3, -0.25) is 10.1 Å². The van der Waals surface area contributed by atoms with Crippen LogP contribution in [-0.2, 0) is 0 Å². The average Bonchev–Trinajstić information content (AvgIpc) is 3.31. The highest BCUT2D eigenvalue weighted by atomic mass is 32.1. The lowest BCUT2D eigenvalue weighted by Crippen LogP contribution is -2.18. The van der Waals surface area contributed by atoms with Gasteiger partial charge in [-0.25, -0.2) is 0 Å². The minimum absolute atomic E-state index is 0.171. The number of aromatic nitrogens is 2. The van der Waals surface area contributed by atoms with E-state index in [0.717, 1.165) is 29.2 Å². The maximum absolute atomic E-state index is 12.4. The summed E-state index contributed by atoms with van der Waals surface area (Å²) >= 11 is 2.99. The predicted molar refractivity (Wildman–Crippen MR) is 106 cm³/mol. The number of benzene rings is 1. The molecule has 0 radical (unpaired) electrons. The van der Waals surface area contributed by atoms with E-state index in [0.29, 0.717) is 10.7 Å². The van der Waals surface area contributed by atoms with Crippen LogP contribution in [0.3, 0.4) is 0 Å². The molecule has 1 amide bonds. The topological polar surface area (TPSA) is 58.1 Å². The van der Waals surface area contributed by atoms with Crippen LogP contribution in [0.1, 0.15) is 30.1 Å². The Bertz CT molecular complexity index is 812. The van der Waals surface area contributed by atoms with Gasteiger partial charge in [0.05, 0.1) is 0 Å². The van der Waals surface area contributed by atoms with E-state index >= 15 is 0 Å². The van der Waals surface area contributed by atoms with E-state index in [1.807, 2.05) is 41.1 Å². The van der Waals surface area contributed by atoms with Gasteiger partial charge in [-0.1, -0.05) is 24.7 Å². The molecule has 1 N–H and O–H groups in total. The largest absolute Gasteiger partial charge is 0.375 e. The van der Waals surface area contributed by atoms with E-state index < -0.39 is 0 Å².